The van der Waals surface area contributed by atoms with Gasteiger partial charge in [0.2, 0.25) is 5.95 Å². The van der Waals surface area contributed by atoms with E-state index in [0.29, 0.717) is 17.7 Å². The molecule has 9 heteroatoms. The Labute approximate surface area is 169 Å². The van der Waals surface area contributed by atoms with Crippen LogP contribution >= 0.6 is 11.6 Å². The van der Waals surface area contributed by atoms with Gasteiger partial charge in [0.05, 0.1) is 4.92 Å². The van der Waals surface area contributed by atoms with Crippen molar-refractivity contribution in [2.75, 3.05) is 30.4 Å². The molecule has 2 aromatic rings. The Kier molecular flexibility index (Phi) is 6.64. The minimum atomic E-state index is -0.500. The van der Waals surface area contributed by atoms with Crippen LogP contribution in [-0.2, 0) is 6.42 Å². The highest BCUT2D eigenvalue weighted by molar-refractivity contribution is 6.32. The van der Waals surface area contributed by atoms with Crippen LogP contribution in [-0.4, -0.2) is 41.1 Å². The van der Waals surface area contributed by atoms with E-state index in [2.05, 4.69) is 32.4 Å². The molecule has 0 aliphatic carbocycles. The van der Waals surface area contributed by atoms with Crippen molar-refractivity contribution in [2.24, 2.45) is 0 Å². The van der Waals surface area contributed by atoms with Gasteiger partial charge in [-0.25, -0.2) is 4.98 Å². The maximum absolute atomic E-state index is 11.1. The summed E-state index contributed by atoms with van der Waals surface area (Å²) in [6.07, 6.45) is 4.06. The van der Waals surface area contributed by atoms with E-state index in [0.717, 1.165) is 50.3 Å². The third-order valence-electron chi connectivity index (χ3n) is 4.87. The molecule has 150 valence electrons. The van der Waals surface area contributed by atoms with Crippen molar-refractivity contribution in [3.63, 3.8) is 0 Å². The fraction of sp³-hybridized carbons (Fsp3) is 0.474. The maximum Gasteiger partial charge on any atom is 0.289 e. The summed E-state index contributed by atoms with van der Waals surface area (Å²) in [5.41, 5.74) is 1.35. The predicted octanol–water partition coefficient (Wildman–Crippen LogP) is 3.92. The maximum atomic E-state index is 11.1. The third kappa shape index (κ3) is 4.88. The fourth-order valence-electron chi connectivity index (χ4n) is 3.25. The second-order valence-electron chi connectivity index (χ2n) is 6.91. The molecule has 0 saturated carbocycles. The van der Waals surface area contributed by atoms with Gasteiger partial charge in [0.1, 0.15) is 10.8 Å². The van der Waals surface area contributed by atoms with E-state index < -0.39 is 4.92 Å². The lowest BCUT2D eigenvalue weighted by atomic mass is 10.2. The number of nitrogens with zero attached hydrogens (tertiary/aromatic N) is 4. The van der Waals surface area contributed by atoms with E-state index in [1.807, 2.05) is 13.1 Å². The molecule has 2 N–H and O–H groups in total. The van der Waals surface area contributed by atoms with Gasteiger partial charge in [0.25, 0.3) is 5.69 Å². The molecule has 1 aliphatic heterocycles. The number of halogens is 1. The molecule has 1 aliphatic rings. The van der Waals surface area contributed by atoms with Gasteiger partial charge in [-0.1, -0.05) is 24.9 Å². The lowest BCUT2D eigenvalue weighted by molar-refractivity contribution is -0.384. The highest BCUT2D eigenvalue weighted by Crippen LogP contribution is 2.29. The Morgan fingerprint density at radius 1 is 1.36 bits per heavy atom. The Morgan fingerprint density at radius 2 is 2.18 bits per heavy atom. The molecule has 1 aromatic carbocycles. The molecule has 8 nitrogen and oxygen atoms in total. The first-order valence-corrected chi connectivity index (χ1v) is 9.89. The Morgan fingerprint density at radius 3 is 2.86 bits per heavy atom. The topological polar surface area (TPSA) is 96.2 Å². The van der Waals surface area contributed by atoms with Gasteiger partial charge >= 0.3 is 0 Å². The first-order chi connectivity index (χ1) is 13.5. The van der Waals surface area contributed by atoms with E-state index in [1.165, 1.54) is 12.1 Å². The zero-order chi connectivity index (χ0) is 20.1. The third-order valence-corrected chi connectivity index (χ3v) is 5.19. The zero-order valence-corrected chi connectivity index (χ0v) is 16.9. The average molecular weight is 405 g/mol. The number of nitrogens with one attached hydrogen (secondary N) is 2. The number of rotatable bonds is 8. The van der Waals surface area contributed by atoms with Crippen LogP contribution in [0.3, 0.4) is 0 Å². The number of benzene rings is 1. The van der Waals surface area contributed by atoms with E-state index in [4.69, 9.17) is 11.6 Å². The van der Waals surface area contributed by atoms with Crippen molar-refractivity contribution < 1.29 is 4.92 Å². The molecular formula is C19H25ClN6O2. The van der Waals surface area contributed by atoms with E-state index >= 15 is 0 Å². The summed E-state index contributed by atoms with van der Waals surface area (Å²) < 4.78 is 0. The van der Waals surface area contributed by atoms with Crippen molar-refractivity contribution in [1.82, 2.24) is 15.3 Å². The first-order valence-electron chi connectivity index (χ1n) is 9.51. The number of aryl methyl sites for hydroxylation is 1. The molecule has 1 aromatic heterocycles. The standard InChI is InChI=1S/C19H25ClN6O2/c1-3-4-5-13-11-18(25-9-8-15(12-25)21-2)24-19(22-13)23-14-6-7-16(20)17(10-14)26(27)28/h6-7,10-11,15,21H,3-5,8-9,12H2,1-2H3,(H,22,23,24). The largest absolute Gasteiger partial charge is 0.355 e. The van der Waals surface area contributed by atoms with Crippen molar-refractivity contribution in [3.8, 4) is 0 Å². The molecule has 28 heavy (non-hydrogen) atoms. The van der Waals surface area contributed by atoms with E-state index in [-0.39, 0.29) is 10.7 Å². The molecule has 1 unspecified atom stereocenters. The molecule has 2 heterocycles. The lowest BCUT2D eigenvalue weighted by Crippen LogP contribution is -2.30. The van der Waals surface area contributed by atoms with Gasteiger partial charge in [0.15, 0.2) is 0 Å². The summed E-state index contributed by atoms with van der Waals surface area (Å²) in [6.45, 7) is 3.97. The summed E-state index contributed by atoms with van der Waals surface area (Å²) in [7, 11) is 1.97. The molecule has 1 atom stereocenters. The van der Waals surface area contributed by atoms with Gasteiger partial charge in [-0.3, -0.25) is 10.1 Å². The molecule has 1 saturated heterocycles. The first kappa shape index (κ1) is 20.3. The number of aromatic nitrogens is 2. The summed E-state index contributed by atoms with van der Waals surface area (Å²) in [4.78, 5) is 22.1. The minimum absolute atomic E-state index is 0.101. The summed E-state index contributed by atoms with van der Waals surface area (Å²) in [6, 6.07) is 7.08. The van der Waals surface area contributed by atoms with Crippen molar-refractivity contribution in [3.05, 3.63) is 45.1 Å². The second kappa shape index (κ2) is 9.16. The number of nitro groups is 1. The van der Waals surface area contributed by atoms with E-state index in [9.17, 15) is 10.1 Å². The van der Waals surface area contributed by atoms with Crippen LogP contribution in [0.5, 0.6) is 0 Å². The smallest absolute Gasteiger partial charge is 0.289 e. The lowest BCUT2D eigenvalue weighted by Gasteiger charge is -2.19. The van der Waals surface area contributed by atoms with Crippen LogP contribution in [0.4, 0.5) is 23.1 Å². The second-order valence-corrected chi connectivity index (χ2v) is 7.32. The monoisotopic (exact) mass is 404 g/mol. The number of unbranched alkanes of at least 4 members (excludes halogenated alkanes) is 1. The SMILES string of the molecule is CCCCc1cc(N2CCC(NC)C2)nc(Nc2ccc(Cl)c([N+](=O)[O-])c2)n1. The van der Waals surface area contributed by atoms with Gasteiger partial charge in [-0.15, -0.1) is 0 Å². The molecule has 3 rings (SSSR count). The van der Waals surface area contributed by atoms with Crippen LogP contribution in [0.25, 0.3) is 0 Å². The highest BCUT2D eigenvalue weighted by Gasteiger charge is 2.23. The summed E-state index contributed by atoms with van der Waals surface area (Å²) in [5, 5.41) is 17.7. The van der Waals surface area contributed by atoms with Crippen molar-refractivity contribution >= 4 is 34.7 Å². The summed E-state index contributed by atoms with van der Waals surface area (Å²) in [5.74, 6) is 1.32. The number of anilines is 3. The van der Waals surface area contributed by atoms with Gasteiger partial charge < -0.3 is 15.5 Å². The van der Waals surface area contributed by atoms with Crippen LogP contribution in [0.1, 0.15) is 31.9 Å². The normalized spacial score (nSPS) is 16.4. The molecule has 0 amide bonds. The van der Waals surface area contributed by atoms with Gasteiger partial charge in [0, 0.05) is 42.6 Å². The van der Waals surface area contributed by atoms with Crippen LogP contribution in [0.2, 0.25) is 5.02 Å². The quantitative estimate of drug-likeness (QED) is 0.508. The minimum Gasteiger partial charge on any atom is -0.355 e. The molecule has 0 radical (unpaired) electrons. The zero-order valence-electron chi connectivity index (χ0n) is 16.1. The number of nitro benzene ring substituents is 1. The van der Waals surface area contributed by atoms with Crippen molar-refractivity contribution in [1.29, 1.82) is 0 Å². The van der Waals surface area contributed by atoms with Crippen LogP contribution < -0.4 is 15.5 Å². The number of hydrogen-bond acceptors (Lipinski definition) is 7. The molecular weight excluding hydrogens is 380 g/mol. The number of hydrogen-bond donors (Lipinski definition) is 2. The molecule has 0 spiro atoms. The average Bonchev–Trinajstić information content (AvgIpc) is 3.17. The van der Waals surface area contributed by atoms with Gasteiger partial charge in [-0.2, -0.15) is 4.98 Å². The van der Waals surface area contributed by atoms with Crippen molar-refractivity contribution in [2.45, 2.75) is 38.6 Å². The Hall–Kier alpha value is -2.45. The van der Waals surface area contributed by atoms with Crippen LogP contribution in [0, 0.1) is 10.1 Å². The molecule has 1 fully saturated rings. The summed E-state index contributed by atoms with van der Waals surface area (Å²) >= 11 is 5.90. The van der Waals surface area contributed by atoms with Gasteiger partial charge in [-0.05, 0) is 38.4 Å². The fourth-order valence-corrected chi connectivity index (χ4v) is 3.44. The Bertz CT molecular complexity index is 847. The Balaban J connectivity index is 1.88. The predicted molar refractivity (Wildman–Crippen MR) is 112 cm³/mol. The highest BCUT2D eigenvalue weighted by atomic mass is 35.5. The number of likely N-dealkylation sites (N-methyl/N-ethyl adjacent to an activating group) is 1. The molecule has 0 bridgehead atoms. The van der Waals surface area contributed by atoms with Crippen LogP contribution in [0.15, 0.2) is 24.3 Å². The van der Waals surface area contributed by atoms with E-state index in [1.54, 1.807) is 6.07 Å².